The number of hydrogen-bond acceptors (Lipinski definition) is 3. The van der Waals surface area contributed by atoms with Crippen molar-refractivity contribution < 1.29 is 17.6 Å². The fraction of sp³-hybridized carbons (Fsp3) is 0.588. The molecule has 1 spiro atoms. The van der Waals surface area contributed by atoms with Gasteiger partial charge in [0.2, 0.25) is 15.9 Å². The van der Waals surface area contributed by atoms with E-state index >= 15 is 0 Å². The number of carbonyl (C=O) groups is 1. The first kappa shape index (κ1) is 17.4. The molecule has 24 heavy (non-hydrogen) atoms. The Morgan fingerprint density at radius 2 is 2.04 bits per heavy atom. The summed E-state index contributed by atoms with van der Waals surface area (Å²) in [5.41, 5.74) is 0.155. The van der Waals surface area contributed by atoms with Crippen LogP contribution in [0.5, 0.6) is 0 Å². The second kappa shape index (κ2) is 6.44. The molecule has 2 fully saturated rings. The zero-order valence-electron chi connectivity index (χ0n) is 13.9. The third kappa shape index (κ3) is 3.19. The summed E-state index contributed by atoms with van der Waals surface area (Å²) in [6.07, 6.45) is 2.09. The molecule has 5 nitrogen and oxygen atoms in total. The summed E-state index contributed by atoms with van der Waals surface area (Å²) in [5, 5.41) is 0. The minimum Gasteiger partial charge on any atom is -0.338 e. The van der Waals surface area contributed by atoms with Crippen LogP contribution in [-0.4, -0.2) is 48.9 Å². The van der Waals surface area contributed by atoms with Crippen molar-refractivity contribution in [2.75, 3.05) is 25.4 Å². The second-order valence-electron chi connectivity index (χ2n) is 6.72. The highest BCUT2D eigenvalue weighted by molar-refractivity contribution is 7.89. The molecule has 1 unspecified atom stereocenters. The second-order valence-corrected chi connectivity index (χ2v) is 8.98. The SMILES string of the molecule is CCS(=O)(=O)N1CCCC2(CCN(Cc3cccc(F)c3)C2=O)C1. The van der Waals surface area contributed by atoms with E-state index in [1.54, 1.807) is 24.0 Å². The zero-order valence-corrected chi connectivity index (χ0v) is 14.7. The highest BCUT2D eigenvalue weighted by Crippen LogP contribution is 2.41. The van der Waals surface area contributed by atoms with Gasteiger partial charge in [-0.05, 0) is 43.9 Å². The van der Waals surface area contributed by atoms with Crippen molar-refractivity contribution in [3.8, 4) is 0 Å². The topological polar surface area (TPSA) is 57.7 Å². The maximum absolute atomic E-state index is 13.3. The molecule has 2 aliphatic rings. The average molecular weight is 354 g/mol. The Balaban J connectivity index is 1.75. The number of amides is 1. The molecular formula is C17H23FN2O3S. The number of halogens is 1. The maximum Gasteiger partial charge on any atom is 0.230 e. The summed E-state index contributed by atoms with van der Waals surface area (Å²) in [4.78, 5) is 14.7. The molecular weight excluding hydrogens is 331 g/mol. The number of rotatable bonds is 4. The van der Waals surface area contributed by atoms with Crippen LogP contribution in [0.25, 0.3) is 0 Å². The minimum atomic E-state index is -3.28. The van der Waals surface area contributed by atoms with Gasteiger partial charge >= 0.3 is 0 Å². The highest BCUT2D eigenvalue weighted by atomic mass is 32.2. The molecule has 0 bridgehead atoms. The predicted molar refractivity (Wildman–Crippen MR) is 89.1 cm³/mol. The standard InChI is InChI=1S/C17H23FN2O3S/c1-2-24(22,23)20-9-4-7-17(13-20)8-10-19(16(17)21)12-14-5-3-6-15(18)11-14/h3,5-6,11H,2,4,7-10,12-13H2,1H3. The van der Waals surface area contributed by atoms with Crippen molar-refractivity contribution in [1.29, 1.82) is 0 Å². The first-order chi connectivity index (χ1) is 11.4. The summed E-state index contributed by atoms with van der Waals surface area (Å²) < 4.78 is 39.1. The summed E-state index contributed by atoms with van der Waals surface area (Å²) in [6.45, 7) is 3.37. The lowest BCUT2D eigenvalue weighted by atomic mass is 9.79. The van der Waals surface area contributed by atoms with Crippen LogP contribution in [0, 0.1) is 11.2 Å². The van der Waals surface area contributed by atoms with Gasteiger partial charge in [0.25, 0.3) is 0 Å². The smallest absolute Gasteiger partial charge is 0.230 e. The van der Waals surface area contributed by atoms with Crippen LogP contribution >= 0.6 is 0 Å². The van der Waals surface area contributed by atoms with Gasteiger partial charge in [0.05, 0.1) is 11.2 Å². The van der Waals surface area contributed by atoms with E-state index in [9.17, 15) is 17.6 Å². The van der Waals surface area contributed by atoms with Crippen LogP contribution in [0.1, 0.15) is 31.7 Å². The van der Waals surface area contributed by atoms with Crippen molar-refractivity contribution in [2.45, 2.75) is 32.7 Å². The third-order valence-electron chi connectivity index (χ3n) is 5.16. The molecule has 1 amide bonds. The van der Waals surface area contributed by atoms with Crippen molar-refractivity contribution >= 4 is 15.9 Å². The number of likely N-dealkylation sites (tertiary alicyclic amines) is 1. The van der Waals surface area contributed by atoms with Crippen LogP contribution in [0.15, 0.2) is 24.3 Å². The number of hydrogen-bond donors (Lipinski definition) is 0. The summed E-state index contributed by atoms with van der Waals surface area (Å²) in [5.74, 6) is -0.251. The number of carbonyl (C=O) groups excluding carboxylic acids is 1. The lowest BCUT2D eigenvalue weighted by molar-refractivity contribution is -0.138. The van der Waals surface area contributed by atoms with E-state index in [2.05, 4.69) is 0 Å². The van der Waals surface area contributed by atoms with Gasteiger partial charge in [0.15, 0.2) is 0 Å². The number of nitrogens with zero attached hydrogens (tertiary/aromatic N) is 2. The highest BCUT2D eigenvalue weighted by Gasteiger charge is 2.50. The molecule has 0 radical (unpaired) electrons. The van der Waals surface area contributed by atoms with Gasteiger partial charge in [0.1, 0.15) is 5.82 Å². The quantitative estimate of drug-likeness (QED) is 0.831. The monoisotopic (exact) mass is 354 g/mol. The normalized spacial score (nSPS) is 25.6. The third-order valence-corrected chi connectivity index (χ3v) is 6.99. The van der Waals surface area contributed by atoms with Crippen molar-refractivity contribution in [2.24, 2.45) is 5.41 Å². The van der Waals surface area contributed by atoms with E-state index in [1.165, 1.54) is 16.4 Å². The fourth-order valence-corrected chi connectivity index (χ4v) is 5.00. The Labute approximate surface area is 142 Å². The van der Waals surface area contributed by atoms with E-state index < -0.39 is 15.4 Å². The summed E-state index contributed by atoms with van der Waals surface area (Å²) in [7, 11) is -3.28. The van der Waals surface area contributed by atoms with Gasteiger partial charge in [-0.2, -0.15) is 0 Å². The van der Waals surface area contributed by atoms with Gasteiger partial charge in [-0.25, -0.2) is 17.1 Å². The molecule has 0 aromatic heterocycles. The van der Waals surface area contributed by atoms with Gasteiger partial charge < -0.3 is 4.90 Å². The first-order valence-corrected chi connectivity index (χ1v) is 9.99. The molecule has 132 valence electrons. The summed E-state index contributed by atoms with van der Waals surface area (Å²) >= 11 is 0. The summed E-state index contributed by atoms with van der Waals surface area (Å²) in [6, 6.07) is 6.26. The van der Waals surface area contributed by atoms with Crippen molar-refractivity contribution in [3.63, 3.8) is 0 Å². The number of sulfonamides is 1. The van der Waals surface area contributed by atoms with E-state index in [0.717, 1.165) is 12.0 Å². The van der Waals surface area contributed by atoms with Crippen LogP contribution in [-0.2, 0) is 21.4 Å². The minimum absolute atomic E-state index is 0.00256. The average Bonchev–Trinajstić information content (AvgIpc) is 2.84. The van der Waals surface area contributed by atoms with Gasteiger partial charge in [-0.1, -0.05) is 12.1 Å². The molecule has 1 aromatic carbocycles. The molecule has 0 saturated carbocycles. The predicted octanol–water partition coefficient (Wildman–Crippen LogP) is 1.99. The van der Waals surface area contributed by atoms with E-state index in [1.807, 2.05) is 0 Å². The fourth-order valence-electron chi connectivity index (χ4n) is 3.79. The van der Waals surface area contributed by atoms with E-state index in [-0.39, 0.29) is 24.0 Å². The maximum atomic E-state index is 13.3. The van der Waals surface area contributed by atoms with Crippen LogP contribution in [0.3, 0.4) is 0 Å². The van der Waals surface area contributed by atoms with Crippen molar-refractivity contribution in [3.05, 3.63) is 35.6 Å². The molecule has 2 heterocycles. The Bertz CT molecular complexity index is 737. The van der Waals surface area contributed by atoms with Crippen molar-refractivity contribution in [1.82, 2.24) is 9.21 Å². The molecule has 0 aliphatic carbocycles. The molecule has 1 aromatic rings. The lowest BCUT2D eigenvalue weighted by Gasteiger charge is -2.38. The van der Waals surface area contributed by atoms with Crippen LogP contribution in [0.2, 0.25) is 0 Å². The molecule has 2 aliphatic heterocycles. The number of benzene rings is 1. The van der Waals surface area contributed by atoms with Crippen LogP contribution < -0.4 is 0 Å². The van der Waals surface area contributed by atoms with E-state index in [4.69, 9.17) is 0 Å². The molecule has 3 rings (SSSR count). The van der Waals surface area contributed by atoms with Gasteiger partial charge in [-0.15, -0.1) is 0 Å². The largest absolute Gasteiger partial charge is 0.338 e. The Morgan fingerprint density at radius 3 is 2.75 bits per heavy atom. The van der Waals surface area contributed by atoms with Crippen LogP contribution in [0.4, 0.5) is 4.39 Å². The Hall–Kier alpha value is -1.47. The molecule has 0 N–H and O–H groups in total. The Morgan fingerprint density at radius 1 is 1.25 bits per heavy atom. The number of piperidine rings is 1. The molecule has 7 heteroatoms. The molecule has 2 saturated heterocycles. The lowest BCUT2D eigenvalue weighted by Crippen LogP contribution is -2.50. The van der Waals surface area contributed by atoms with Gasteiger partial charge in [-0.3, -0.25) is 4.79 Å². The molecule has 1 atom stereocenters. The van der Waals surface area contributed by atoms with Gasteiger partial charge in [0, 0.05) is 26.2 Å². The van der Waals surface area contributed by atoms with E-state index in [0.29, 0.717) is 32.5 Å². The zero-order chi connectivity index (χ0) is 17.4. The Kier molecular flexibility index (Phi) is 4.66. The first-order valence-electron chi connectivity index (χ1n) is 8.38.